The summed E-state index contributed by atoms with van der Waals surface area (Å²) in [5.41, 5.74) is 1.50. The molecule has 5 nitrogen and oxygen atoms in total. The molecule has 3 rings (SSSR count). The number of amides is 1. The first kappa shape index (κ1) is 19.6. The molecule has 1 heterocycles. The van der Waals surface area contributed by atoms with Crippen LogP contribution in [-0.4, -0.2) is 24.0 Å². The van der Waals surface area contributed by atoms with E-state index in [9.17, 15) is 9.18 Å². The molecule has 0 bridgehead atoms. The van der Waals surface area contributed by atoms with Gasteiger partial charge in [-0.1, -0.05) is 18.2 Å². The average Bonchev–Trinajstić information content (AvgIpc) is 3.07. The number of aryl methyl sites for hydroxylation is 1. The van der Waals surface area contributed by atoms with Crippen LogP contribution in [-0.2, 0) is 11.2 Å². The quantitative estimate of drug-likeness (QED) is 0.560. The van der Waals surface area contributed by atoms with Gasteiger partial charge in [0.15, 0.2) is 0 Å². The fourth-order valence-corrected chi connectivity index (χ4v) is 2.72. The molecule has 0 aliphatic heterocycles. The smallest absolute Gasteiger partial charge is 0.226 e. The first-order valence-electron chi connectivity index (χ1n) is 9.28. The molecule has 0 aliphatic carbocycles. The third-order valence-corrected chi connectivity index (χ3v) is 4.23. The number of hydrogen-bond donors (Lipinski definition) is 1. The molecule has 0 aliphatic rings. The predicted octanol–water partition coefficient (Wildman–Crippen LogP) is 4.31. The number of benzene rings is 2. The molecular weight excluding hydrogens is 359 g/mol. The van der Waals surface area contributed by atoms with Crippen LogP contribution in [0.15, 0.2) is 59.0 Å². The molecule has 6 heteroatoms. The number of ether oxygens (including phenoxy) is 1. The molecule has 1 N–H and O–H groups in total. The summed E-state index contributed by atoms with van der Waals surface area (Å²) in [6, 6.07) is 15.5. The van der Waals surface area contributed by atoms with Crippen LogP contribution < -0.4 is 10.1 Å². The van der Waals surface area contributed by atoms with Crippen molar-refractivity contribution in [3.8, 4) is 17.2 Å². The SMILES string of the molecule is Cc1oc(-c2ccc(F)cc2)nc1CCNC(=O)CCCOc1ccccc1. The van der Waals surface area contributed by atoms with Gasteiger partial charge in [0.05, 0.1) is 12.3 Å². The number of carbonyl (C=O) groups excluding carboxylic acids is 1. The minimum atomic E-state index is -0.302. The number of aromatic nitrogens is 1. The van der Waals surface area contributed by atoms with E-state index in [-0.39, 0.29) is 11.7 Å². The van der Waals surface area contributed by atoms with Crippen molar-refractivity contribution in [2.24, 2.45) is 0 Å². The van der Waals surface area contributed by atoms with Gasteiger partial charge in [0.2, 0.25) is 11.8 Å². The summed E-state index contributed by atoms with van der Waals surface area (Å²) < 4.78 is 24.3. The third-order valence-electron chi connectivity index (χ3n) is 4.23. The van der Waals surface area contributed by atoms with E-state index in [1.165, 1.54) is 12.1 Å². The summed E-state index contributed by atoms with van der Waals surface area (Å²) in [4.78, 5) is 16.4. The fraction of sp³-hybridized carbons (Fsp3) is 0.273. The molecule has 28 heavy (non-hydrogen) atoms. The van der Waals surface area contributed by atoms with Crippen molar-refractivity contribution < 1.29 is 18.3 Å². The zero-order valence-electron chi connectivity index (χ0n) is 15.8. The molecular formula is C22H23FN2O3. The third kappa shape index (κ3) is 5.67. The second-order valence-corrected chi connectivity index (χ2v) is 6.39. The molecule has 146 valence electrons. The highest BCUT2D eigenvalue weighted by Crippen LogP contribution is 2.22. The van der Waals surface area contributed by atoms with Crippen molar-refractivity contribution in [3.63, 3.8) is 0 Å². The molecule has 0 atom stereocenters. The normalized spacial score (nSPS) is 10.6. The summed E-state index contributed by atoms with van der Waals surface area (Å²) >= 11 is 0. The minimum absolute atomic E-state index is 0.0171. The summed E-state index contributed by atoms with van der Waals surface area (Å²) in [7, 11) is 0. The molecule has 0 unspecified atom stereocenters. The number of hydrogen-bond acceptors (Lipinski definition) is 4. The topological polar surface area (TPSA) is 64.4 Å². The largest absolute Gasteiger partial charge is 0.494 e. The molecule has 0 spiro atoms. The number of nitrogens with one attached hydrogen (secondary N) is 1. The molecule has 0 fully saturated rings. The van der Waals surface area contributed by atoms with Crippen LogP contribution in [0.4, 0.5) is 4.39 Å². The second-order valence-electron chi connectivity index (χ2n) is 6.39. The Balaban J connectivity index is 1.38. The Kier molecular flexibility index (Phi) is 6.78. The van der Waals surface area contributed by atoms with Crippen LogP contribution in [0.2, 0.25) is 0 Å². The number of rotatable bonds is 9. The van der Waals surface area contributed by atoms with Gasteiger partial charge in [-0.2, -0.15) is 0 Å². The number of carbonyl (C=O) groups is 1. The summed E-state index contributed by atoms with van der Waals surface area (Å²) in [5, 5.41) is 2.89. The Morgan fingerprint density at radius 3 is 2.64 bits per heavy atom. The lowest BCUT2D eigenvalue weighted by Crippen LogP contribution is -2.26. The number of halogens is 1. The highest BCUT2D eigenvalue weighted by atomic mass is 19.1. The molecule has 0 saturated carbocycles. The lowest BCUT2D eigenvalue weighted by atomic mass is 10.2. The van der Waals surface area contributed by atoms with E-state index < -0.39 is 0 Å². The number of oxazole rings is 1. The van der Waals surface area contributed by atoms with Gasteiger partial charge in [-0.15, -0.1) is 0 Å². The van der Waals surface area contributed by atoms with E-state index >= 15 is 0 Å². The standard InChI is InChI=1S/C22H23FN2O3/c1-16-20(25-22(28-16)17-9-11-18(23)12-10-17)13-14-24-21(26)8-5-15-27-19-6-3-2-4-7-19/h2-4,6-7,9-12H,5,8,13-15H2,1H3,(H,24,26). The van der Waals surface area contributed by atoms with Gasteiger partial charge in [0.1, 0.15) is 17.3 Å². The van der Waals surface area contributed by atoms with Crippen LogP contribution in [0, 0.1) is 12.7 Å². The van der Waals surface area contributed by atoms with E-state index in [0.29, 0.717) is 44.1 Å². The van der Waals surface area contributed by atoms with Crippen LogP contribution in [0.5, 0.6) is 5.75 Å². The minimum Gasteiger partial charge on any atom is -0.494 e. The van der Waals surface area contributed by atoms with Crippen molar-refractivity contribution >= 4 is 5.91 Å². The maximum absolute atomic E-state index is 13.0. The molecule has 1 amide bonds. The van der Waals surface area contributed by atoms with E-state index in [4.69, 9.17) is 9.15 Å². The molecule has 0 radical (unpaired) electrons. The van der Waals surface area contributed by atoms with Gasteiger partial charge in [-0.05, 0) is 49.7 Å². The van der Waals surface area contributed by atoms with Crippen molar-refractivity contribution in [2.45, 2.75) is 26.2 Å². The van der Waals surface area contributed by atoms with Crippen LogP contribution >= 0.6 is 0 Å². The Morgan fingerprint density at radius 2 is 1.89 bits per heavy atom. The van der Waals surface area contributed by atoms with Gasteiger partial charge in [0.25, 0.3) is 0 Å². The number of nitrogens with zero attached hydrogens (tertiary/aromatic N) is 1. The predicted molar refractivity (Wildman–Crippen MR) is 105 cm³/mol. The Bertz CT molecular complexity index is 892. The van der Waals surface area contributed by atoms with Gasteiger partial charge in [-0.25, -0.2) is 9.37 Å². The second kappa shape index (κ2) is 9.69. The highest BCUT2D eigenvalue weighted by Gasteiger charge is 2.12. The summed E-state index contributed by atoms with van der Waals surface area (Å²) in [6.45, 7) is 2.81. The average molecular weight is 382 g/mol. The monoisotopic (exact) mass is 382 g/mol. The van der Waals surface area contributed by atoms with Crippen molar-refractivity contribution in [3.05, 3.63) is 71.9 Å². The Labute approximate surface area is 163 Å². The lowest BCUT2D eigenvalue weighted by molar-refractivity contribution is -0.121. The van der Waals surface area contributed by atoms with Gasteiger partial charge in [0, 0.05) is 24.9 Å². The van der Waals surface area contributed by atoms with Gasteiger partial charge >= 0.3 is 0 Å². The first-order chi connectivity index (χ1) is 13.6. The van der Waals surface area contributed by atoms with E-state index in [0.717, 1.165) is 17.0 Å². The van der Waals surface area contributed by atoms with E-state index in [2.05, 4.69) is 10.3 Å². The zero-order valence-corrected chi connectivity index (χ0v) is 15.8. The maximum Gasteiger partial charge on any atom is 0.226 e. The van der Waals surface area contributed by atoms with Gasteiger partial charge in [-0.3, -0.25) is 4.79 Å². The highest BCUT2D eigenvalue weighted by molar-refractivity contribution is 5.75. The van der Waals surface area contributed by atoms with E-state index in [1.54, 1.807) is 12.1 Å². The molecule has 2 aromatic carbocycles. The summed E-state index contributed by atoms with van der Waals surface area (Å²) in [6.07, 6.45) is 1.63. The molecule has 3 aromatic rings. The van der Waals surface area contributed by atoms with Crippen molar-refractivity contribution in [2.75, 3.05) is 13.2 Å². The van der Waals surface area contributed by atoms with Crippen molar-refractivity contribution in [1.82, 2.24) is 10.3 Å². The van der Waals surface area contributed by atoms with Crippen LogP contribution in [0.3, 0.4) is 0 Å². The summed E-state index contributed by atoms with van der Waals surface area (Å²) in [5.74, 6) is 1.64. The molecule has 1 aromatic heterocycles. The van der Waals surface area contributed by atoms with Crippen molar-refractivity contribution in [1.29, 1.82) is 0 Å². The van der Waals surface area contributed by atoms with E-state index in [1.807, 2.05) is 37.3 Å². The van der Waals surface area contributed by atoms with Crippen LogP contribution in [0.1, 0.15) is 24.3 Å². The molecule has 0 saturated heterocycles. The first-order valence-corrected chi connectivity index (χ1v) is 9.28. The zero-order chi connectivity index (χ0) is 19.8. The number of para-hydroxylation sites is 1. The Morgan fingerprint density at radius 1 is 1.14 bits per heavy atom. The fourth-order valence-electron chi connectivity index (χ4n) is 2.72. The maximum atomic E-state index is 13.0. The Hall–Kier alpha value is -3.15. The van der Waals surface area contributed by atoms with Gasteiger partial charge < -0.3 is 14.5 Å². The lowest BCUT2D eigenvalue weighted by Gasteiger charge is -2.06. The van der Waals surface area contributed by atoms with Crippen LogP contribution in [0.25, 0.3) is 11.5 Å².